The molecule has 2 aromatic heterocycles. The van der Waals surface area contributed by atoms with Crippen molar-refractivity contribution < 1.29 is 18.9 Å². The van der Waals surface area contributed by atoms with Gasteiger partial charge in [-0.3, -0.25) is 9.09 Å². The molecule has 0 amide bonds. The summed E-state index contributed by atoms with van der Waals surface area (Å²) in [4.78, 5) is 29.2. The fourth-order valence-electron chi connectivity index (χ4n) is 3.57. The lowest BCUT2D eigenvalue weighted by molar-refractivity contribution is -0.397. The van der Waals surface area contributed by atoms with Crippen LogP contribution in [-0.2, 0) is 29.3 Å². The SMILES string of the molecule is CCCN(CCCl)P(=O)(OCc1c(Cn2ccnc2[N+](=O)[O-])nc([N+](=O)[O-])n1C)N(CCCl)CCCl. The molecule has 0 aliphatic carbocycles. The Morgan fingerprint density at radius 2 is 1.58 bits per heavy atom. The van der Waals surface area contributed by atoms with Crippen molar-refractivity contribution in [2.75, 3.05) is 43.8 Å². The van der Waals surface area contributed by atoms with Crippen LogP contribution in [0.25, 0.3) is 0 Å². The molecule has 0 bridgehead atoms. The van der Waals surface area contributed by atoms with Crippen molar-refractivity contribution in [3.63, 3.8) is 0 Å². The first-order chi connectivity index (χ1) is 17.1. The van der Waals surface area contributed by atoms with E-state index in [0.29, 0.717) is 13.0 Å². The number of nitrogens with zero attached hydrogens (tertiary/aromatic N) is 8. The summed E-state index contributed by atoms with van der Waals surface area (Å²) in [5.74, 6) is -0.427. The molecule has 2 aromatic rings. The van der Waals surface area contributed by atoms with Gasteiger partial charge in [0.1, 0.15) is 31.2 Å². The van der Waals surface area contributed by atoms with Gasteiger partial charge in [-0.25, -0.2) is 18.5 Å². The van der Waals surface area contributed by atoms with Gasteiger partial charge in [0.25, 0.3) is 0 Å². The molecule has 0 aromatic carbocycles. The molecule has 1 unspecified atom stereocenters. The molecule has 2 heterocycles. The molecule has 2 rings (SSSR count). The number of hydrogen-bond donors (Lipinski definition) is 0. The van der Waals surface area contributed by atoms with Crippen molar-refractivity contribution in [1.29, 1.82) is 0 Å². The summed E-state index contributed by atoms with van der Waals surface area (Å²) >= 11 is 17.9. The van der Waals surface area contributed by atoms with Crippen LogP contribution in [0, 0.1) is 20.2 Å². The zero-order chi connectivity index (χ0) is 26.9. The second-order valence-electron chi connectivity index (χ2n) is 7.47. The van der Waals surface area contributed by atoms with E-state index in [2.05, 4.69) is 9.97 Å². The third-order valence-corrected chi connectivity index (χ3v) is 8.41. The number of halogens is 3. The predicted molar refractivity (Wildman–Crippen MR) is 136 cm³/mol. The minimum absolute atomic E-state index is 0.137. The maximum atomic E-state index is 14.4. The second-order valence-corrected chi connectivity index (χ2v) is 11.0. The Kier molecular flexibility index (Phi) is 12.0. The lowest BCUT2D eigenvalue weighted by atomic mass is 10.3. The van der Waals surface area contributed by atoms with Crippen LogP contribution >= 0.6 is 42.5 Å². The van der Waals surface area contributed by atoms with E-state index in [1.165, 1.54) is 28.6 Å². The lowest BCUT2D eigenvalue weighted by Crippen LogP contribution is -2.37. The van der Waals surface area contributed by atoms with Crippen LogP contribution in [0.3, 0.4) is 0 Å². The smallest absolute Gasteiger partial charge is 0.390 e. The highest BCUT2D eigenvalue weighted by molar-refractivity contribution is 7.53. The van der Waals surface area contributed by atoms with Gasteiger partial charge in [-0.2, -0.15) is 0 Å². The molecule has 202 valence electrons. The predicted octanol–water partition coefficient (Wildman–Crippen LogP) is 3.84. The molecule has 0 saturated heterocycles. The number of hydrogen-bond acceptors (Lipinski definition) is 8. The Morgan fingerprint density at radius 1 is 1.03 bits per heavy atom. The summed E-state index contributed by atoms with van der Waals surface area (Å²) in [6.45, 7) is 2.49. The largest absolute Gasteiger partial charge is 0.435 e. The standard InChI is InChI=1S/C18H28Cl3N8O6P/c1-3-8-26(9-4-19)36(34,27(10-5-20)11-6-21)35-14-16-15(23-18(24(16)2)29(32)33)13-25-12-7-22-17(25)28(30)31/h7,12H,3-6,8-11,13-14H2,1-2H3. The average Bonchev–Trinajstić information content (AvgIpc) is 3.42. The zero-order valence-corrected chi connectivity index (χ0v) is 23.0. The Hall–Kier alpha value is -1.80. The van der Waals surface area contributed by atoms with Crippen LogP contribution in [0.15, 0.2) is 12.4 Å². The topological polar surface area (TPSA) is 155 Å². The first-order valence-electron chi connectivity index (χ1n) is 10.9. The monoisotopic (exact) mass is 588 g/mol. The van der Waals surface area contributed by atoms with Crippen molar-refractivity contribution >= 4 is 54.4 Å². The van der Waals surface area contributed by atoms with E-state index in [9.17, 15) is 24.8 Å². The van der Waals surface area contributed by atoms with Crippen LogP contribution in [0.4, 0.5) is 11.9 Å². The van der Waals surface area contributed by atoms with Gasteiger partial charge in [-0.1, -0.05) is 16.9 Å². The third kappa shape index (κ3) is 7.15. The van der Waals surface area contributed by atoms with Crippen molar-refractivity contribution in [1.82, 2.24) is 28.4 Å². The van der Waals surface area contributed by atoms with Crippen LogP contribution in [0.1, 0.15) is 24.7 Å². The summed E-state index contributed by atoms with van der Waals surface area (Å²) in [5, 5.41) is 22.8. The van der Waals surface area contributed by atoms with Crippen molar-refractivity contribution in [2.24, 2.45) is 7.05 Å². The summed E-state index contributed by atoms with van der Waals surface area (Å²) < 4.78 is 26.0. The first-order valence-corrected chi connectivity index (χ1v) is 14.1. The lowest BCUT2D eigenvalue weighted by Gasteiger charge is -2.37. The minimum atomic E-state index is -3.75. The van der Waals surface area contributed by atoms with E-state index in [1.807, 2.05) is 6.92 Å². The van der Waals surface area contributed by atoms with E-state index >= 15 is 0 Å². The fourth-order valence-corrected chi connectivity index (χ4v) is 7.02. The highest BCUT2D eigenvalue weighted by atomic mass is 35.5. The van der Waals surface area contributed by atoms with Gasteiger partial charge in [-0.15, -0.1) is 34.8 Å². The number of alkyl halides is 3. The average molecular weight is 590 g/mol. The Morgan fingerprint density at radius 3 is 2.08 bits per heavy atom. The molecular formula is C18H28Cl3N8O6P. The minimum Gasteiger partial charge on any atom is -0.390 e. The van der Waals surface area contributed by atoms with E-state index in [0.717, 1.165) is 0 Å². The van der Waals surface area contributed by atoms with Gasteiger partial charge in [-0.05, 0) is 16.3 Å². The van der Waals surface area contributed by atoms with Crippen LogP contribution in [0.2, 0.25) is 0 Å². The van der Waals surface area contributed by atoms with Crippen LogP contribution < -0.4 is 0 Å². The summed E-state index contributed by atoms with van der Waals surface area (Å²) in [7, 11) is -2.33. The van der Waals surface area contributed by atoms with Crippen molar-refractivity contribution in [3.8, 4) is 0 Å². The van der Waals surface area contributed by atoms with E-state index in [1.54, 1.807) is 9.34 Å². The van der Waals surface area contributed by atoms with Gasteiger partial charge in [0, 0.05) is 43.8 Å². The molecule has 0 spiro atoms. The van der Waals surface area contributed by atoms with E-state index in [-0.39, 0.29) is 61.8 Å². The number of rotatable bonds is 17. The van der Waals surface area contributed by atoms with Crippen molar-refractivity contribution in [3.05, 3.63) is 44.0 Å². The van der Waals surface area contributed by atoms with E-state index < -0.39 is 29.4 Å². The highest BCUT2D eigenvalue weighted by Crippen LogP contribution is 2.55. The molecule has 0 radical (unpaired) electrons. The molecule has 0 saturated carbocycles. The Balaban J connectivity index is 2.51. The van der Waals surface area contributed by atoms with Crippen molar-refractivity contribution in [2.45, 2.75) is 26.5 Å². The molecule has 14 nitrogen and oxygen atoms in total. The number of aromatic nitrogens is 4. The number of imidazole rings is 2. The quantitative estimate of drug-likeness (QED) is 0.115. The highest BCUT2D eigenvalue weighted by Gasteiger charge is 2.39. The molecule has 1 atom stereocenters. The Labute approximate surface area is 222 Å². The van der Waals surface area contributed by atoms with Gasteiger partial charge in [0.05, 0.1) is 7.05 Å². The Bertz CT molecular complexity index is 1050. The third-order valence-electron chi connectivity index (χ3n) is 5.21. The zero-order valence-electron chi connectivity index (χ0n) is 19.8. The number of nitro groups is 2. The molecule has 0 aliphatic rings. The molecule has 36 heavy (non-hydrogen) atoms. The molecule has 0 N–H and O–H groups in total. The van der Waals surface area contributed by atoms with Gasteiger partial charge in [0.2, 0.25) is 0 Å². The summed E-state index contributed by atoms with van der Waals surface area (Å²) in [6.07, 6.45) is 3.26. The summed E-state index contributed by atoms with van der Waals surface area (Å²) in [6, 6.07) is 0. The van der Waals surface area contributed by atoms with E-state index in [4.69, 9.17) is 39.3 Å². The normalized spacial score (nSPS) is 13.4. The first kappa shape index (κ1) is 30.4. The van der Waals surface area contributed by atoms with Crippen LogP contribution in [0.5, 0.6) is 0 Å². The molecule has 0 aliphatic heterocycles. The molecule has 0 fully saturated rings. The van der Waals surface area contributed by atoms with Crippen LogP contribution in [-0.4, -0.2) is 82.1 Å². The van der Waals surface area contributed by atoms with Gasteiger partial charge >= 0.3 is 19.6 Å². The molecule has 18 heteroatoms. The van der Waals surface area contributed by atoms with Gasteiger partial charge < -0.3 is 20.2 Å². The molecular weight excluding hydrogens is 562 g/mol. The summed E-state index contributed by atoms with van der Waals surface area (Å²) in [5.41, 5.74) is 0.362. The second kappa shape index (κ2) is 14.2. The maximum Gasteiger partial charge on any atom is 0.435 e. The fraction of sp³-hybridized carbons (Fsp3) is 0.667. The maximum absolute atomic E-state index is 14.4. The van der Waals surface area contributed by atoms with Gasteiger partial charge in [0.15, 0.2) is 5.69 Å².